The second kappa shape index (κ2) is 9.57. The minimum Gasteiger partial charge on any atom is -0.394 e. The highest BCUT2D eigenvalue weighted by atomic mass is 16.5. The van der Waals surface area contributed by atoms with Crippen LogP contribution in [0.4, 0.5) is 5.69 Å². The first-order valence-corrected chi connectivity index (χ1v) is 10.5. The van der Waals surface area contributed by atoms with Crippen molar-refractivity contribution >= 4 is 11.6 Å². The Labute approximate surface area is 176 Å². The molecule has 2 aromatic carbocycles. The zero-order valence-electron chi connectivity index (χ0n) is 16.9. The van der Waals surface area contributed by atoms with Gasteiger partial charge in [0, 0.05) is 44.0 Å². The average Bonchev–Trinajstić information content (AvgIpc) is 3.14. The largest absolute Gasteiger partial charge is 0.394 e. The zero-order chi connectivity index (χ0) is 20.9. The molecule has 4 atom stereocenters. The summed E-state index contributed by atoms with van der Waals surface area (Å²) in [6.07, 6.45) is -1.81. The number of rotatable bonds is 6. The number of hydrogen-bond acceptors (Lipinski definition) is 6. The Morgan fingerprint density at radius 3 is 2.23 bits per heavy atom. The molecule has 3 N–H and O–H groups in total. The first-order chi connectivity index (χ1) is 14.7. The lowest BCUT2D eigenvalue weighted by molar-refractivity contribution is -0.0209. The van der Waals surface area contributed by atoms with Gasteiger partial charge in [0.05, 0.1) is 18.8 Å². The highest BCUT2D eigenvalue weighted by Gasteiger charge is 2.46. The van der Waals surface area contributed by atoms with Gasteiger partial charge in [-0.05, 0) is 24.3 Å². The molecule has 2 fully saturated rings. The Kier molecular flexibility index (Phi) is 6.64. The standard InChI is InChI=1S/C23H29N3O4/c27-16-20-22(28)21(19(30-20)15-24-23(29)17-7-3-1-4-8-17)26-13-11-25(12-14-26)18-9-5-2-6-10-18/h1-10,19-22,27-28H,11-16H2,(H,24,29). The molecular weight excluding hydrogens is 382 g/mol. The number of nitrogens with zero attached hydrogens (tertiary/aromatic N) is 2. The number of benzene rings is 2. The molecule has 7 heteroatoms. The Morgan fingerprint density at radius 1 is 0.967 bits per heavy atom. The van der Waals surface area contributed by atoms with E-state index in [4.69, 9.17) is 4.74 Å². The molecule has 4 unspecified atom stereocenters. The van der Waals surface area contributed by atoms with Crippen molar-refractivity contribution in [2.75, 3.05) is 44.2 Å². The number of para-hydroxylation sites is 1. The van der Waals surface area contributed by atoms with Gasteiger partial charge in [-0.15, -0.1) is 0 Å². The van der Waals surface area contributed by atoms with Gasteiger partial charge in [-0.2, -0.15) is 0 Å². The highest BCUT2D eigenvalue weighted by molar-refractivity contribution is 5.94. The monoisotopic (exact) mass is 411 g/mol. The quantitative estimate of drug-likeness (QED) is 0.650. The van der Waals surface area contributed by atoms with Crippen molar-refractivity contribution in [3.8, 4) is 0 Å². The topological polar surface area (TPSA) is 85.3 Å². The van der Waals surface area contributed by atoms with Gasteiger partial charge in [-0.1, -0.05) is 36.4 Å². The second-order valence-corrected chi connectivity index (χ2v) is 7.81. The van der Waals surface area contributed by atoms with Gasteiger partial charge in [-0.25, -0.2) is 0 Å². The number of carbonyl (C=O) groups is 1. The number of aliphatic hydroxyl groups excluding tert-OH is 2. The maximum Gasteiger partial charge on any atom is 0.251 e. The van der Waals surface area contributed by atoms with Crippen LogP contribution >= 0.6 is 0 Å². The molecule has 2 aliphatic rings. The third kappa shape index (κ3) is 4.49. The van der Waals surface area contributed by atoms with Gasteiger partial charge in [0.25, 0.3) is 5.91 Å². The van der Waals surface area contributed by atoms with Crippen LogP contribution in [0.2, 0.25) is 0 Å². The predicted molar refractivity (Wildman–Crippen MR) is 115 cm³/mol. The zero-order valence-corrected chi connectivity index (χ0v) is 16.9. The van der Waals surface area contributed by atoms with Gasteiger partial charge in [0.2, 0.25) is 0 Å². The molecule has 0 bridgehead atoms. The minimum atomic E-state index is -0.795. The predicted octanol–water partition coefficient (Wildman–Crippen LogP) is 0.728. The van der Waals surface area contributed by atoms with Crippen LogP contribution in [0.3, 0.4) is 0 Å². The van der Waals surface area contributed by atoms with Gasteiger partial charge in [0.1, 0.15) is 12.2 Å². The Morgan fingerprint density at radius 2 is 1.60 bits per heavy atom. The van der Waals surface area contributed by atoms with Crippen molar-refractivity contribution in [2.24, 2.45) is 0 Å². The summed E-state index contributed by atoms with van der Waals surface area (Å²) in [6, 6.07) is 19.0. The Balaban J connectivity index is 1.39. The van der Waals surface area contributed by atoms with Crippen molar-refractivity contribution in [1.29, 1.82) is 0 Å². The number of carbonyl (C=O) groups excluding carboxylic acids is 1. The molecular formula is C23H29N3O4. The van der Waals surface area contributed by atoms with Crippen LogP contribution in [0.1, 0.15) is 10.4 Å². The number of amides is 1. The van der Waals surface area contributed by atoms with E-state index in [1.54, 1.807) is 12.1 Å². The summed E-state index contributed by atoms with van der Waals surface area (Å²) in [6.45, 7) is 3.29. The van der Waals surface area contributed by atoms with Crippen LogP contribution in [0.25, 0.3) is 0 Å². The Hall–Kier alpha value is -2.45. The lowest BCUT2D eigenvalue weighted by atomic mass is 10.0. The van der Waals surface area contributed by atoms with Gasteiger partial charge in [0.15, 0.2) is 0 Å². The van der Waals surface area contributed by atoms with Crippen LogP contribution in [0.15, 0.2) is 60.7 Å². The van der Waals surface area contributed by atoms with E-state index in [1.165, 1.54) is 5.69 Å². The molecule has 2 aromatic rings. The molecule has 1 amide bonds. The number of anilines is 1. The number of nitrogens with one attached hydrogen (secondary N) is 1. The third-order valence-electron chi connectivity index (χ3n) is 6.00. The summed E-state index contributed by atoms with van der Waals surface area (Å²) < 4.78 is 5.92. The summed E-state index contributed by atoms with van der Waals surface area (Å²) in [5.41, 5.74) is 1.78. The average molecular weight is 412 g/mol. The molecule has 30 heavy (non-hydrogen) atoms. The summed E-state index contributed by atoms with van der Waals surface area (Å²) in [4.78, 5) is 17.0. The van der Waals surface area contributed by atoms with Gasteiger partial charge < -0.3 is 25.2 Å². The Bertz CT molecular complexity index is 812. The molecule has 0 spiro atoms. The minimum absolute atomic E-state index is 0.172. The molecule has 160 valence electrons. The molecule has 2 saturated heterocycles. The van der Waals surface area contributed by atoms with Crippen molar-refractivity contribution in [3.63, 3.8) is 0 Å². The van der Waals surface area contributed by atoms with Crippen molar-refractivity contribution in [2.45, 2.75) is 24.4 Å². The molecule has 0 aromatic heterocycles. The van der Waals surface area contributed by atoms with E-state index in [2.05, 4.69) is 27.2 Å². The van der Waals surface area contributed by atoms with Crippen molar-refractivity contribution in [1.82, 2.24) is 10.2 Å². The highest BCUT2D eigenvalue weighted by Crippen LogP contribution is 2.27. The number of hydrogen-bond donors (Lipinski definition) is 3. The number of aliphatic hydroxyl groups is 2. The van der Waals surface area contributed by atoms with E-state index in [0.29, 0.717) is 5.56 Å². The molecule has 4 rings (SSSR count). The summed E-state index contributed by atoms with van der Waals surface area (Å²) in [5.74, 6) is -0.172. The van der Waals surface area contributed by atoms with Gasteiger partial charge >= 0.3 is 0 Å². The van der Waals surface area contributed by atoms with Crippen LogP contribution in [0, 0.1) is 0 Å². The van der Waals surface area contributed by atoms with Crippen molar-refractivity contribution < 1.29 is 19.7 Å². The van der Waals surface area contributed by atoms with E-state index in [9.17, 15) is 15.0 Å². The van der Waals surface area contributed by atoms with Gasteiger partial charge in [-0.3, -0.25) is 9.69 Å². The molecule has 0 saturated carbocycles. The lowest BCUT2D eigenvalue weighted by Crippen LogP contribution is -2.57. The normalized spacial score (nSPS) is 27.2. The van der Waals surface area contributed by atoms with Crippen LogP contribution in [0.5, 0.6) is 0 Å². The van der Waals surface area contributed by atoms with E-state index < -0.39 is 12.2 Å². The fourth-order valence-electron chi connectivity index (χ4n) is 4.40. The van der Waals surface area contributed by atoms with Crippen LogP contribution in [-0.2, 0) is 4.74 Å². The summed E-state index contributed by atoms with van der Waals surface area (Å²) in [7, 11) is 0. The molecule has 0 aliphatic carbocycles. The first-order valence-electron chi connectivity index (χ1n) is 10.5. The summed E-state index contributed by atoms with van der Waals surface area (Å²) >= 11 is 0. The van der Waals surface area contributed by atoms with E-state index >= 15 is 0 Å². The SMILES string of the molecule is O=C(NCC1OC(CO)C(O)C1N1CCN(c2ccccc2)CC1)c1ccccc1. The maximum absolute atomic E-state index is 12.4. The van der Waals surface area contributed by atoms with E-state index in [-0.39, 0.29) is 31.2 Å². The van der Waals surface area contributed by atoms with E-state index in [0.717, 1.165) is 26.2 Å². The fourth-order valence-corrected chi connectivity index (χ4v) is 4.40. The van der Waals surface area contributed by atoms with Crippen LogP contribution < -0.4 is 10.2 Å². The summed E-state index contributed by atoms with van der Waals surface area (Å²) in [5, 5.41) is 23.3. The maximum atomic E-state index is 12.4. The molecule has 2 heterocycles. The molecule has 0 radical (unpaired) electrons. The third-order valence-corrected chi connectivity index (χ3v) is 6.00. The first kappa shape index (κ1) is 20.8. The number of ether oxygens (including phenoxy) is 1. The lowest BCUT2D eigenvalue weighted by Gasteiger charge is -2.41. The van der Waals surface area contributed by atoms with Crippen molar-refractivity contribution in [3.05, 3.63) is 66.2 Å². The smallest absolute Gasteiger partial charge is 0.251 e. The second-order valence-electron chi connectivity index (χ2n) is 7.81. The number of piperazine rings is 1. The van der Waals surface area contributed by atoms with E-state index in [1.807, 2.05) is 36.4 Å². The molecule has 2 aliphatic heterocycles. The van der Waals surface area contributed by atoms with Crippen LogP contribution in [-0.4, -0.2) is 84.7 Å². The molecule has 7 nitrogen and oxygen atoms in total. The fraction of sp³-hybridized carbons (Fsp3) is 0.435.